The molecule has 0 amide bonds. The third-order valence-electron chi connectivity index (χ3n) is 3.97. The van der Waals surface area contributed by atoms with Crippen LogP contribution in [0.3, 0.4) is 0 Å². The van der Waals surface area contributed by atoms with Gasteiger partial charge in [0.2, 0.25) is 0 Å². The van der Waals surface area contributed by atoms with Crippen LogP contribution in [0.1, 0.15) is 38.7 Å². The van der Waals surface area contributed by atoms with Gasteiger partial charge in [-0.15, -0.1) is 0 Å². The van der Waals surface area contributed by atoms with Gasteiger partial charge in [0.25, 0.3) is 0 Å². The molecule has 112 valence electrons. The minimum absolute atomic E-state index is 0.149. The smallest absolute Gasteiger partial charge is 0.172 e. The number of ether oxygens (including phenoxy) is 1. The van der Waals surface area contributed by atoms with Gasteiger partial charge in [-0.3, -0.25) is 5.43 Å². The number of aromatic hydroxyl groups is 1. The van der Waals surface area contributed by atoms with Crippen LogP contribution in [0.2, 0.25) is 0 Å². The first kappa shape index (κ1) is 15.6. The first-order valence-electron chi connectivity index (χ1n) is 7.10. The number of nitrogens with one attached hydrogen (secondary N) is 1. The van der Waals surface area contributed by atoms with Crippen molar-refractivity contribution >= 4 is 15.9 Å². The van der Waals surface area contributed by atoms with E-state index in [1.165, 1.54) is 19.3 Å². The van der Waals surface area contributed by atoms with Crippen molar-refractivity contribution in [1.82, 2.24) is 10.4 Å². The number of benzene rings is 1. The molecule has 5 heteroatoms. The number of phenolic OH excluding ortho intramolecular Hbond substituents is 1. The lowest BCUT2D eigenvalue weighted by Crippen LogP contribution is -2.51. The van der Waals surface area contributed by atoms with Crippen molar-refractivity contribution in [3.05, 3.63) is 22.2 Å². The summed E-state index contributed by atoms with van der Waals surface area (Å²) in [6.07, 6.45) is 3.78. The molecule has 0 bridgehead atoms. The summed E-state index contributed by atoms with van der Waals surface area (Å²) in [6.45, 7) is 5.25. The highest BCUT2D eigenvalue weighted by Gasteiger charge is 2.24. The molecule has 1 heterocycles. The summed E-state index contributed by atoms with van der Waals surface area (Å²) in [6, 6.07) is 4.90. The molecular formula is C15H23BrN2O2. The van der Waals surface area contributed by atoms with E-state index in [0.29, 0.717) is 22.3 Å². The SMILES string of the molecule is COc1cc(CNN2C(C)CCCC2C)cc(Br)c1O. The molecule has 1 aliphatic rings. The van der Waals surface area contributed by atoms with Crippen molar-refractivity contribution in [2.45, 2.75) is 51.7 Å². The molecule has 0 saturated carbocycles. The zero-order chi connectivity index (χ0) is 14.7. The molecule has 1 fully saturated rings. The fraction of sp³-hybridized carbons (Fsp3) is 0.600. The van der Waals surface area contributed by atoms with Crippen LogP contribution in [0, 0.1) is 0 Å². The fourth-order valence-corrected chi connectivity index (χ4v) is 3.29. The van der Waals surface area contributed by atoms with E-state index in [4.69, 9.17) is 4.74 Å². The molecule has 20 heavy (non-hydrogen) atoms. The quantitative estimate of drug-likeness (QED) is 0.879. The lowest BCUT2D eigenvalue weighted by atomic mass is 10.00. The summed E-state index contributed by atoms with van der Waals surface area (Å²) in [7, 11) is 1.56. The van der Waals surface area contributed by atoms with Gasteiger partial charge in [0, 0.05) is 18.6 Å². The summed E-state index contributed by atoms with van der Waals surface area (Å²) >= 11 is 3.36. The molecular weight excluding hydrogens is 320 g/mol. The fourth-order valence-electron chi connectivity index (χ4n) is 2.80. The van der Waals surface area contributed by atoms with Gasteiger partial charge in [-0.1, -0.05) is 6.42 Å². The maximum atomic E-state index is 9.82. The van der Waals surface area contributed by atoms with E-state index < -0.39 is 0 Å². The van der Waals surface area contributed by atoms with Crippen LogP contribution < -0.4 is 10.2 Å². The molecule has 2 rings (SSSR count). The molecule has 2 atom stereocenters. The van der Waals surface area contributed by atoms with E-state index in [-0.39, 0.29) is 5.75 Å². The molecule has 0 spiro atoms. The second-order valence-electron chi connectivity index (χ2n) is 5.50. The van der Waals surface area contributed by atoms with Crippen molar-refractivity contribution in [3.63, 3.8) is 0 Å². The number of rotatable bonds is 4. The van der Waals surface area contributed by atoms with Gasteiger partial charge in [0.05, 0.1) is 11.6 Å². The van der Waals surface area contributed by atoms with Gasteiger partial charge in [-0.25, -0.2) is 5.01 Å². The monoisotopic (exact) mass is 342 g/mol. The Kier molecular flexibility index (Phi) is 5.29. The minimum atomic E-state index is 0.149. The van der Waals surface area contributed by atoms with Crippen molar-refractivity contribution in [1.29, 1.82) is 0 Å². The van der Waals surface area contributed by atoms with Crippen molar-refractivity contribution in [3.8, 4) is 11.5 Å². The van der Waals surface area contributed by atoms with Gasteiger partial charge in [-0.05, 0) is 60.3 Å². The maximum Gasteiger partial charge on any atom is 0.172 e. The first-order chi connectivity index (χ1) is 9.52. The van der Waals surface area contributed by atoms with Gasteiger partial charge < -0.3 is 9.84 Å². The second-order valence-corrected chi connectivity index (χ2v) is 6.35. The molecule has 2 unspecified atom stereocenters. The van der Waals surface area contributed by atoms with Crippen LogP contribution >= 0.6 is 15.9 Å². The summed E-state index contributed by atoms with van der Waals surface area (Å²) < 4.78 is 5.84. The summed E-state index contributed by atoms with van der Waals surface area (Å²) in [5.74, 6) is 0.645. The predicted molar refractivity (Wildman–Crippen MR) is 83.8 cm³/mol. The Morgan fingerprint density at radius 2 is 2.00 bits per heavy atom. The predicted octanol–water partition coefficient (Wildman–Crippen LogP) is 3.43. The zero-order valence-electron chi connectivity index (χ0n) is 12.3. The Morgan fingerprint density at radius 3 is 2.60 bits per heavy atom. The highest BCUT2D eigenvalue weighted by atomic mass is 79.9. The van der Waals surface area contributed by atoms with Crippen molar-refractivity contribution in [2.24, 2.45) is 0 Å². The lowest BCUT2D eigenvalue weighted by Gasteiger charge is -2.39. The van der Waals surface area contributed by atoms with E-state index in [9.17, 15) is 5.11 Å². The van der Waals surface area contributed by atoms with Gasteiger partial charge in [0.15, 0.2) is 11.5 Å². The molecule has 1 aromatic rings. The maximum absolute atomic E-state index is 9.82. The number of phenols is 1. The number of methoxy groups -OCH3 is 1. The van der Waals surface area contributed by atoms with Crippen LogP contribution in [0.25, 0.3) is 0 Å². The minimum Gasteiger partial charge on any atom is -0.503 e. The largest absolute Gasteiger partial charge is 0.503 e. The van der Waals surface area contributed by atoms with Crippen LogP contribution in [0.5, 0.6) is 11.5 Å². The average molecular weight is 343 g/mol. The Balaban J connectivity index is 2.05. The van der Waals surface area contributed by atoms with E-state index in [2.05, 4.69) is 40.2 Å². The van der Waals surface area contributed by atoms with E-state index in [0.717, 1.165) is 12.1 Å². The van der Waals surface area contributed by atoms with Crippen LogP contribution in [0.4, 0.5) is 0 Å². The Labute approximate surface area is 129 Å². The van der Waals surface area contributed by atoms with Crippen molar-refractivity contribution in [2.75, 3.05) is 7.11 Å². The number of piperidine rings is 1. The molecule has 1 saturated heterocycles. The van der Waals surface area contributed by atoms with E-state index >= 15 is 0 Å². The molecule has 0 aliphatic carbocycles. The third-order valence-corrected chi connectivity index (χ3v) is 4.57. The third kappa shape index (κ3) is 3.45. The molecule has 1 aromatic carbocycles. The summed E-state index contributed by atoms with van der Waals surface area (Å²) in [5, 5.41) is 12.2. The normalized spacial score (nSPS) is 23.8. The number of halogens is 1. The Hall–Kier alpha value is -0.780. The topological polar surface area (TPSA) is 44.7 Å². The summed E-state index contributed by atoms with van der Waals surface area (Å²) in [4.78, 5) is 0. The Morgan fingerprint density at radius 1 is 1.35 bits per heavy atom. The van der Waals surface area contributed by atoms with Crippen molar-refractivity contribution < 1.29 is 9.84 Å². The van der Waals surface area contributed by atoms with Crippen LogP contribution in [-0.4, -0.2) is 29.3 Å². The molecule has 2 N–H and O–H groups in total. The first-order valence-corrected chi connectivity index (χ1v) is 7.89. The van der Waals surface area contributed by atoms with E-state index in [1.807, 2.05) is 12.1 Å². The number of nitrogens with zero attached hydrogens (tertiary/aromatic N) is 1. The molecule has 4 nitrogen and oxygen atoms in total. The van der Waals surface area contributed by atoms with E-state index in [1.54, 1.807) is 7.11 Å². The molecule has 0 aromatic heterocycles. The van der Waals surface area contributed by atoms with Crippen LogP contribution in [0.15, 0.2) is 16.6 Å². The molecule has 1 aliphatic heterocycles. The standard InChI is InChI=1S/C15H23BrN2O2/c1-10-5-4-6-11(2)18(10)17-9-12-7-13(16)15(19)14(8-12)20-3/h7-8,10-11,17,19H,4-6,9H2,1-3H3. The highest BCUT2D eigenvalue weighted by molar-refractivity contribution is 9.10. The lowest BCUT2D eigenvalue weighted by molar-refractivity contribution is 0.0435. The van der Waals surface area contributed by atoms with Crippen LogP contribution in [-0.2, 0) is 6.54 Å². The average Bonchev–Trinajstić information content (AvgIpc) is 2.42. The number of hydrogen-bond donors (Lipinski definition) is 2. The van der Waals surface area contributed by atoms with Gasteiger partial charge in [0.1, 0.15) is 0 Å². The Bertz CT molecular complexity index is 457. The number of hydrogen-bond acceptors (Lipinski definition) is 4. The summed E-state index contributed by atoms with van der Waals surface area (Å²) in [5.41, 5.74) is 4.59. The molecule has 0 radical (unpaired) electrons. The zero-order valence-corrected chi connectivity index (χ0v) is 13.9. The number of hydrazine groups is 1. The van der Waals surface area contributed by atoms with Gasteiger partial charge in [-0.2, -0.15) is 0 Å². The van der Waals surface area contributed by atoms with Gasteiger partial charge >= 0.3 is 0 Å². The highest BCUT2D eigenvalue weighted by Crippen LogP contribution is 2.35. The second kappa shape index (κ2) is 6.78.